The smallest absolute Gasteiger partial charge is 0.251 e. The summed E-state index contributed by atoms with van der Waals surface area (Å²) in [5, 5.41) is 16.9. The van der Waals surface area contributed by atoms with Gasteiger partial charge in [-0.25, -0.2) is 0 Å². The minimum absolute atomic E-state index is 0.0869. The molecular weight excluding hydrogens is 445 g/mol. The van der Waals surface area contributed by atoms with Gasteiger partial charge in [-0.05, 0) is 46.5 Å². The molecule has 1 aromatic heterocycles. The van der Waals surface area contributed by atoms with E-state index in [-0.39, 0.29) is 11.7 Å². The molecule has 1 atom stereocenters. The minimum atomic E-state index is -0.483. The maximum absolute atomic E-state index is 12.8. The fraction of sp³-hybridized carbons (Fsp3) is 0.0714. The summed E-state index contributed by atoms with van der Waals surface area (Å²) in [6.45, 7) is 0.586. The molecule has 0 saturated carbocycles. The van der Waals surface area contributed by atoms with Gasteiger partial charge in [0.1, 0.15) is 5.58 Å². The molecule has 1 unspecified atom stereocenters. The molecule has 5 rings (SSSR count). The summed E-state index contributed by atoms with van der Waals surface area (Å²) in [7, 11) is 0.639. The number of hydrogen-bond acceptors (Lipinski definition) is 4. The molecule has 5 aromatic rings. The van der Waals surface area contributed by atoms with E-state index in [1.165, 1.54) is 5.30 Å². The van der Waals surface area contributed by atoms with Crippen molar-refractivity contribution in [3.63, 3.8) is 0 Å². The molecular formula is C28H22NO4P. The van der Waals surface area contributed by atoms with Crippen molar-refractivity contribution in [3.8, 4) is 17.1 Å². The van der Waals surface area contributed by atoms with E-state index in [0.717, 1.165) is 16.9 Å². The Morgan fingerprint density at radius 2 is 1.56 bits per heavy atom. The van der Waals surface area contributed by atoms with E-state index in [1.807, 2.05) is 42.5 Å². The van der Waals surface area contributed by atoms with E-state index in [0.29, 0.717) is 37.2 Å². The molecule has 1 heterocycles. The summed E-state index contributed by atoms with van der Waals surface area (Å²) in [5.74, 6) is -0.522. The lowest BCUT2D eigenvalue weighted by atomic mass is 10.0. The molecule has 0 bridgehead atoms. The van der Waals surface area contributed by atoms with E-state index in [2.05, 4.69) is 17.4 Å². The second-order valence-electron chi connectivity index (χ2n) is 7.93. The highest BCUT2D eigenvalue weighted by Crippen LogP contribution is 2.31. The zero-order valence-corrected chi connectivity index (χ0v) is 19.2. The maximum atomic E-state index is 12.8. The number of carbonyl (C=O) groups is 1. The normalized spacial score (nSPS) is 11.4. The van der Waals surface area contributed by atoms with Gasteiger partial charge in [0.25, 0.3) is 5.91 Å². The molecule has 1 amide bonds. The number of hydrogen-bond donors (Lipinski definition) is 2. The van der Waals surface area contributed by atoms with Crippen LogP contribution in [0.15, 0.2) is 100 Å². The Hall–Kier alpha value is -3.95. The molecule has 5 nitrogen and oxygen atoms in total. The largest absolute Gasteiger partial charge is 0.502 e. The highest BCUT2D eigenvalue weighted by molar-refractivity contribution is 7.47. The van der Waals surface area contributed by atoms with Gasteiger partial charge < -0.3 is 14.8 Å². The molecule has 4 aromatic carbocycles. The van der Waals surface area contributed by atoms with E-state index in [1.54, 1.807) is 36.4 Å². The van der Waals surface area contributed by atoms with Crippen LogP contribution in [0.25, 0.3) is 33.1 Å². The number of aromatic hydroxyl groups is 1. The zero-order chi connectivity index (χ0) is 23.5. The lowest BCUT2D eigenvalue weighted by Crippen LogP contribution is -2.25. The topological polar surface area (TPSA) is 79.5 Å². The third kappa shape index (κ3) is 4.43. The van der Waals surface area contributed by atoms with Gasteiger partial charge in [0.15, 0.2) is 5.76 Å². The zero-order valence-electron chi connectivity index (χ0n) is 18.2. The van der Waals surface area contributed by atoms with Crippen LogP contribution < -0.4 is 16.1 Å². The van der Waals surface area contributed by atoms with Crippen molar-refractivity contribution in [1.29, 1.82) is 0 Å². The van der Waals surface area contributed by atoms with Gasteiger partial charge in [-0.3, -0.25) is 9.59 Å². The van der Waals surface area contributed by atoms with Crippen LogP contribution >= 0.6 is 8.58 Å². The van der Waals surface area contributed by atoms with E-state index < -0.39 is 11.2 Å². The van der Waals surface area contributed by atoms with Crippen molar-refractivity contribution in [2.75, 3.05) is 12.7 Å². The van der Waals surface area contributed by atoms with Crippen LogP contribution in [0, 0.1) is 0 Å². The Morgan fingerprint density at radius 3 is 2.29 bits per heavy atom. The Bertz CT molecular complexity index is 1540. The van der Waals surface area contributed by atoms with Crippen LogP contribution in [0.5, 0.6) is 5.75 Å². The Kier molecular flexibility index (Phi) is 6.11. The number of rotatable bonds is 6. The Labute approximate surface area is 197 Å². The second kappa shape index (κ2) is 9.50. The molecule has 0 fully saturated rings. The monoisotopic (exact) mass is 467 g/mol. The van der Waals surface area contributed by atoms with Gasteiger partial charge in [0.2, 0.25) is 11.2 Å². The molecule has 0 saturated heterocycles. The van der Waals surface area contributed by atoms with Crippen LogP contribution in [0.3, 0.4) is 0 Å². The lowest BCUT2D eigenvalue weighted by molar-refractivity contribution is 0.0956. The number of fused-ring (bicyclic) bond motifs is 2. The van der Waals surface area contributed by atoms with E-state index in [4.69, 9.17) is 4.42 Å². The van der Waals surface area contributed by atoms with Crippen molar-refractivity contribution < 1.29 is 14.3 Å². The average molecular weight is 467 g/mol. The van der Waals surface area contributed by atoms with Crippen molar-refractivity contribution in [2.45, 2.75) is 0 Å². The van der Waals surface area contributed by atoms with Crippen molar-refractivity contribution >= 4 is 41.5 Å². The summed E-state index contributed by atoms with van der Waals surface area (Å²) in [6, 6.07) is 28.0. The first-order valence-electron chi connectivity index (χ1n) is 11.0. The second-order valence-corrected chi connectivity index (χ2v) is 9.36. The van der Waals surface area contributed by atoms with Crippen LogP contribution in [0.1, 0.15) is 10.4 Å². The van der Waals surface area contributed by atoms with Gasteiger partial charge in [-0.15, -0.1) is 0 Å². The van der Waals surface area contributed by atoms with E-state index in [9.17, 15) is 14.7 Å². The summed E-state index contributed by atoms with van der Waals surface area (Å²) >= 11 is 0. The highest BCUT2D eigenvalue weighted by atomic mass is 31.1. The average Bonchev–Trinajstić information content (AvgIpc) is 2.88. The maximum Gasteiger partial charge on any atom is 0.251 e. The molecule has 6 heteroatoms. The van der Waals surface area contributed by atoms with Crippen LogP contribution in [-0.2, 0) is 0 Å². The van der Waals surface area contributed by atoms with Crippen LogP contribution in [0.2, 0.25) is 0 Å². The van der Waals surface area contributed by atoms with Crippen molar-refractivity contribution in [2.24, 2.45) is 0 Å². The first-order chi connectivity index (χ1) is 16.6. The fourth-order valence-corrected chi connectivity index (χ4v) is 4.85. The molecule has 0 spiro atoms. The number of carbonyl (C=O) groups excluding carboxylic acids is 1. The molecule has 168 valence electrons. The van der Waals surface area contributed by atoms with Gasteiger partial charge in [-0.2, -0.15) is 0 Å². The third-order valence-electron chi connectivity index (χ3n) is 5.66. The molecule has 0 aliphatic carbocycles. The highest BCUT2D eigenvalue weighted by Gasteiger charge is 2.16. The molecule has 0 aliphatic heterocycles. The Morgan fingerprint density at radius 1 is 0.882 bits per heavy atom. The quantitative estimate of drug-likeness (QED) is 0.208. The fourth-order valence-electron chi connectivity index (χ4n) is 3.88. The lowest BCUT2D eigenvalue weighted by Gasteiger charge is -2.09. The van der Waals surface area contributed by atoms with Crippen LogP contribution in [-0.4, -0.2) is 23.7 Å². The first kappa shape index (κ1) is 21.9. The molecule has 0 aliphatic rings. The van der Waals surface area contributed by atoms with E-state index >= 15 is 0 Å². The number of nitrogens with one attached hydrogen (secondary N) is 1. The predicted octanol–water partition coefficient (Wildman–Crippen LogP) is 5.05. The molecule has 34 heavy (non-hydrogen) atoms. The van der Waals surface area contributed by atoms with Gasteiger partial charge >= 0.3 is 0 Å². The Balaban J connectivity index is 1.33. The summed E-state index contributed by atoms with van der Waals surface area (Å²) in [5.41, 5.74) is 0.938. The van der Waals surface area contributed by atoms with Crippen LogP contribution in [0.4, 0.5) is 0 Å². The number of benzene rings is 4. The summed E-state index contributed by atoms with van der Waals surface area (Å²) in [6.07, 6.45) is 0.874. The molecule has 0 radical (unpaired) electrons. The SMILES string of the molecule is O=C(NCCPc1ccccc1)c1ccc(-c2oc3cc4ccccc4cc3c(=O)c2O)cc1. The first-order valence-corrected chi connectivity index (χ1v) is 12.2. The number of amides is 1. The standard InChI is InChI=1S/C28H22NO4P/c30-25-23-16-20-6-4-5-7-21(20)17-24(23)33-27(26(25)31)18-10-12-19(13-11-18)28(32)29-14-15-34-22-8-2-1-3-9-22/h1-13,16-17,31,34H,14-15H2,(H,29,32). The van der Waals surface area contributed by atoms with Gasteiger partial charge in [0.05, 0.1) is 5.39 Å². The van der Waals surface area contributed by atoms with Gasteiger partial charge in [0, 0.05) is 17.7 Å². The van der Waals surface area contributed by atoms with Crippen molar-refractivity contribution in [3.05, 3.63) is 107 Å². The third-order valence-corrected chi connectivity index (χ3v) is 6.90. The minimum Gasteiger partial charge on any atom is -0.502 e. The van der Waals surface area contributed by atoms with Gasteiger partial charge in [-0.1, -0.05) is 75.3 Å². The summed E-state index contributed by atoms with van der Waals surface area (Å²) in [4.78, 5) is 25.3. The molecule has 2 N–H and O–H groups in total. The summed E-state index contributed by atoms with van der Waals surface area (Å²) < 4.78 is 5.94. The predicted molar refractivity (Wildman–Crippen MR) is 139 cm³/mol. The van der Waals surface area contributed by atoms with Crippen molar-refractivity contribution in [1.82, 2.24) is 5.32 Å².